The van der Waals surface area contributed by atoms with Crippen molar-refractivity contribution < 1.29 is 9.53 Å². The molecule has 26 heavy (non-hydrogen) atoms. The van der Waals surface area contributed by atoms with Crippen molar-refractivity contribution in [1.82, 2.24) is 0 Å². The Morgan fingerprint density at radius 3 is 2.69 bits per heavy atom. The summed E-state index contributed by atoms with van der Waals surface area (Å²) in [6, 6.07) is -0.0484. The topological polar surface area (TPSA) is 55.7 Å². The van der Waals surface area contributed by atoms with E-state index in [1.165, 1.54) is 19.3 Å². The first-order valence-corrected chi connectivity index (χ1v) is 10.9. The van der Waals surface area contributed by atoms with Crippen LogP contribution in [-0.2, 0) is 9.53 Å². The Kier molecular flexibility index (Phi) is 2.33. The molecule has 0 amide bonds. The minimum absolute atomic E-state index is 0.0267. The molecule has 140 valence electrons. The van der Waals surface area contributed by atoms with Crippen LogP contribution in [0, 0.1) is 56.7 Å². The molecule has 7 fully saturated rings. The van der Waals surface area contributed by atoms with Gasteiger partial charge in [-0.2, -0.15) is 4.91 Å². The molecule has 1 saturated heterocycles. The summed E-state index contributed by atoms with van der Waals surface area (Å²) in [4.78, 5) is 24.4. The Bertz CT molecular complexity index is 766. The van der Waals surface area contributed by atoms with Crippen molar-refractivity contribution in [3.8, 4) is 0 Å². The molecule has 4 unspecified atom stereocenters. The first-order chi connectivity index (χ1) is 12.4. The van der Waals surface area contributed by atoms with Crippen molar-refractivity contribution in [2.75, 3.05) is 6.61 Å². The highest BCUT2D eigenvalue weighted by molar-refractivity contribution is 5.92. The molecular weight excluding hydrogens is 326 g/mol. The second-order valence-corrected chi connectivity index (χ2v) is 11.5. The van der Waals surface area contributed by atoms with Crippen molar-refractivity contribution in [3.63, 3.8) is 0 Å². The molecule has 1 heterocycles. The number of carbonyl (C=O) groups is 1. The summed E-state index contributed by atoms with van der Waals surface area (Å²) in [6.07, 6.45) is 7.62. The van der Waals surface area contributed by atoms with Crippen molar-refractivity contribution in [1.29, 1.82) is 0 Å². The number of carbonyl (C=O) groups excluding carboxylic acids is 1. The quantitative estimate of drug-likeness (QED) is 0.669. The van der Waals surface area contributed by atoms with E-state index in [9.17, 15) is 9.70 Å². The summed E-state index contributed by atoms with van der Waals surface area (Å²) in [6.45, 7) is 5.70. The van der Waals surface area contributed by atoms with Gasteiger partial charge in [0.15, 0.2) is 0 Å². The second-order valence-electron chi connectivity index (χ2n) is 11.5. The summed E-state index contributed by atoms with van der Waals surface area (Å²) in [7, 11) is 0. The van der Waals surface area contributed by atoms with Gasteiger partial charge in [0, 0.05) is 28.6 Å². The average Bonchev–Trinajstić information content (AvgIpc) is 3.51. The van der Waals surface area contributed by atoms with Crippen LogP contribution < -0.4 is 0 Å². The summed E-state index contributed by atoms with van der Waals surface area (Å²) >= 11 is 0. The lowest BCUT2D eigenvalue weighted by molar-refractivity contribution is -0.343. The van der Waals surface area contributed by atoms with E-state index in [-0.39, 0.29) is 22.5 Å². The largest absolute Gasteiger partial charge is 0.373 e. The van der Waals surface area contributed by atoms with Gasteiger partial charge in [0.05, 0.1) is 18.2 Å². The van der Waals surface area contributed by atoms with E-state index in [1.807, 2.05) is 0 Å². The monoisotopic (exact) mass is 355 g/mol. The number of nitroso groups, excluding NO2 is 1. The molecule has 0 bridgehead atoms. The van der Waals surface area contributed by atoms with Crippen molar-refractivity contribution in [2.45, 2.75) is 70.4 Å². The maximum Gasteiger partial charge on any atom is 0.142 e. The molecule has 7 aliphatic rings. The first-order valence-electron chi connectivity index (χ1n) is 10.9. The number of hydrogen-bond acceptors (Lipinski definition) is 4. The molecule has 0 N–H and O–H groups in total. The number of ether oxygens (including phenoxy) is 1. The lowest BCUT2D eigenvalue weighted by Crippen LogP contribution is -2.74. The summed E-state index contributed by atoms with van der Waals surface area (Å²) in [5.41, 5.74) is 0.394. The van der Waals surface area contributed by atoms with Crippen molar-refractivity contribution in [3.05, 3.63) is 4.91 Å². The molecule has 0 aromatic carbocycles. The van der Waals surface area contributed by atoms with Crippen LogP contribution in [0.25, 0.3) is 0 Å². The molecule has 0 radical (unpaired) electrons. The second kappa shape index (κ2) is 3.99. The normalized spacial score (nSPS) is 69.0. The van der Waals surface area contributed by atoms with E-state index in [0.717, 1.165) is 44.1 Å². The van der Waals surface area contributed by atoms with Gasteiger partial charge in [-0.25, -0.2) is 0 Å². The van der Waals surface area contributed by atoms with Gasteiger partial charge in [0.2, 0.25) is 0 Å². The fraction of sp³-hybridized carbons (Fsp3) is 0.955. The molecule has 0 aromatic rings. The van der Waals surface area contributed by atoms with Crippen LogP contribution >= 0.6 is 0 Å². The zero-order valence-electron chi connectivity index (χ0n) is 15.9. The van der Waals surface area contributed by atoms with Gasteiger partial charge in [-0.05, 0) is 68.1 Å². The number of nitrogens with zero attached hydrogens (tertiary/aromatic N) is 1. The van der Waals surface area contributed by atoms with Gasteiger partial charge in [-0.15, -0.1) is 0 Å². The Morgan fingerprint density at radius 1 is 1.12 bits per heavy atom. The number of Topliss-reactive ketones (excluding diaryl/α,β-unsaturated/α-hetero) is 1. The Balaban J connectivity index is 1.36. The Hall–Kier alpha value is -0.770. The van der Waals surface area contributed by atoms with Crippen molar-refractivity contribution >= 4 is 5.78 Å². The fourth-order valence-electron chi connectivity index (χ4n) is 9.95. The molecule has 0 aromatic heterocycles. The predicted molar refractivity (Wildman–Crippen MR) is 95.2 cm³/mol. The van der Waals surface area contributed by atoms with Gasteiger partial charge in [-0.3, -0.25) is 4.79 Å². The van der Waals surface area contributed by atoms with Crippen LogP contribution in [0.1, 0.15) is 58.8 Å². The maximum atomic E-state index is 13.0. The first kappa shape index (κ1) is 15.2. The van der Waals surface area contributed by atoms with E-state index >= 15 is 0 Å². The molecule has 4 heteroatoms. The molecule has 6 saturated carbocycles. The van der Waals surface area contributed by atoms with E-state index in [2.05, 4.69) is 19.0 Å². The zero-order chi connectivity index (χ0) is 17.7. The van der Waals surface area contributed by atoms with Crippen LogP contribution in [-0.4, -0.2) is 24.0 Å². The highest BCUT2D eigenvalue weighted by atomic mass is 16.5. The Labute approximate surface area is 154 Å². The third kappa shape index (κ3) is 1.24. The third-order valence-corrected chi connectivity index (χ3v) is 11.2. The Morgan fingerprint density at radius 2 is 1.96 bits per heavy atom. The van der Waals surface area contributed by atoms with Crippen LogP contribution in [0.4, 0.5) is 0 Å². The van der Waals surface area contributed by atoms with E-state index < -0.39 is 0 Å². The fourth-order valence-corrected chi connectivity index (χ4v) is 9.95. The predicted octanol–water partition coefficient (Wildman–Crippen LogP) is 3.97. The maximum absolute atomic E-state index is 13.0. The van der Waals surface area contributed by atoms with Crippen LogP contribution in [0.15, 0.2) is 5.18 Å². The highest BCUT2D eigenvalue weighted by Crippen LogP contribution is 2.86. The van der Waals surface area contributed by atoms with Crippen LogP contribution in [0.2, 0.25) is 0 Å². The van der Waals surface area contributed by atoms with Gasteiger partial charge >= 0.3 is 0 Å². The highest BCUT2D eigenvalue weighted by Gasteiger charge is 2.87. The zero-order valence-corrected chi connectivity index (χ0v) is 15.9. The number of rotatable bonds is 1. The average molecular weight is 355 g/mol. The third-order valence-electron chi connectivity index (χ3n) is 11.2. The van der Waals surface area contributed by atoms with Gasteiger partial charge in [-0.1, -0.05) is 19.0 Å². The SMILES string of the molecule is C[C@]12CCC3C(C1C1C[C@H]1C2=O)[C@H]1C[C@]12CO[C@]21C[C@@H](N=O)CC[C@]31C. The smallest absolute Gasteiger partial charge is 0.142 e. The molecule has 11 atom stereocenters. The van der Waals surface area contributed by atoms with Crippen LogP contribution in [0.5, 0.6) is 0 Å². The van der Waals surface area contributed by atoms with E-state index in [4.69, 9.17) is 4.74 Å². The van der Waals surface area contributed by atoms with Crippen LogP contribution in [0.3, 0.4) is 0 Å². The molecule has 4 nitrogen and oxygen atoms in total. The summed E-state index contributed by atoms with van der Waals surface area (Å²) < 4.78 is 6.48. The summed E-state index contributed by atoms with van der Waals surface area (Å²) in [5, 5.41) is 3.46. The molecule has 1 aliphatic heterocycles. The minimum Gasteiger partial charge on any atom is -0.373 e. The standard InChI is InChI=1S/C22H29NO3/c1-19-5-4-14-16(17(19)12-7-13(12)18(19)24)15-9-21(15)10-26-22(21)8-11(23-25)3-6-20(14,22)2/h11-17H,3-10H2,1-2H3/t11-,12?,13+,14?,15+,16?,17?,19-,20+,21-,22-/m0/s1. The van der Waals surface area contributed by atoms with Crippen molar-refractivity contribution in [2.24, 2.45) is 56.9 Å². The number of hydrogen-bond donors (Lipinski definition) is 0. The van der Waals surface area contributed by atoms with Gasteiger partial charge in [0.25, 0.3) is 0 Å². The number of ketones is 1. The molecule has 6 aliphatic carbocycles. The lowest BCUT2D eigenvalue weighted by Gasteiger charge is -2.71. The van der Waals surface area contributed by atoms with Gasteiger partial charge < -0.3 is 4.74 Å². The molecule has 2 spiro atoms. The molecular formula is C22H29NO3. The summed E-state index contributed by atoms with van der Waals surface area (Å²) in [5.74, 6) is 4.52. The van der Waals surface area contributed by atoms with Gasteiger partial charge in [0.1, 0.15) is 5.78 Å². The molecule has 7 rings (SSSR count). The number of fused-ring (bicyclic) bond motifs is 7. The van der Waals surface area contributed by atoms with E-state index in [0.29, 0.717) is 34.9 Å². The van der Waals surface area contributed by atoms with E-state index in [1.54, 1.807) is 0 Å². The lowest BCUT2D eigenvalue weighted by atomic mass is 9.39. The minimum atomic E-state index is -0.0814.